The van der Waals surface area contributed by atoms with E-state index in [9.17, 15) is 0 Å². The third-order valence-corrected chi connectivity index (χ3v) is 6.09. The lowest BCUT2D eigenvalue weighted by Crippen LogP contribution is -2.59. The van der Waals surface area contributed by atoms with Gasteiger partial charge in [0.15, 0.2) is 0 Å². The molecule has 0 saturated carbocycles. The molecule has 24 heavy (non-hydrogen) atoms. The van der Waals surface area contributed by atoms with Crippen molar-refractivity contribution in [1.82, 2.24) is 4.90 Å². The first-order valence-corrected chi connectivity index (χ1v) is 9.45. The van der Waals surface area contributed by atoms with Gasteiger partial charge >= 0.3 is 0 Å². The zero-order valence-electron chi connectivity index (χ0n) is 14.8. The quantitative estimate of drug-likeness (QED) is 0.717. The van der Waals surface area contributed by atoms with Crippen molar-refractivity contribution in [2.75, 3.05) is 39.3 Å². The van der Waals surface area contributed by atoms with Gasteiger partial charge in [-0.3, -0.25) is 4.90 Å². The summed E-state index contributed by atoms with van der Waals surface area (Å²) in [5, 5.41) is 0.865. The molecule has 1 atom stereocenters. The first kappa shape index (κ1) is 17.5. The number of nitrogens with zero attached hydrogens (tertiary/aromatic N) is 2. The summed E-state index contributed by atoms with van der Waals surface area (Å²) < 4.78 is 1.24. The molecule has 2 aromatic rings. The Hall–Kier alpha value is -1.35. The maximum absolute atomic E-state index is 6.57. The number of likely N-dealkylation sites (N-methyl/N-ethyl adjacent to an activating group) is 1. The summed E-state index contributed by atoms with van der Waals surface area (Å²) in [6, 6.07) is 19.3. The van der Waals surface area contributed by atoms with Gasteiger partial charge in [0.25, 0.3) is 0 Å². The summed E-state index contributed by atoms with van der Waals surface area (Å²) in [6.45, 7) is 11.8. The minimum atomic E-state index is 0.246. The largest absolute Gasteiger partial charge is 0.322 e. The summed E-state index contributed by atoms with van der Waals surface area (Å²) >= 11 is 6.57. The van der Waals surface area contributed by atoms with E-state index in [1.54, 1.807) is 0 Å². The number of benzene rings is 2. The van der Waals surface area contributed by atoms with E-state index < -0.39 is 0 Å². The average Bonchev–Trinajstić information content (AvgIpc) is 2.65. The second-order valence-electron chi connectivity index (χ2n) is 6.79. The van der Waals surface area contributed by atoms with E-state index in [0.29, 0.717) is 0 Å². The second kappa shape index (κ2) is 7.69. The van der Waals surface area contributed by atoms with Crippen LogP contribution in [0.4, 0.5) is 0 Å². The van der Waals surface area contributed by atoms with Crippen molar-refractivity contribution in [3.63, 3.8) is 0 Å². The van der Waals surface area contributed by atoms with Crippen LogP contribution < -0.4 is 0 Å². The van der Waals surface area contributed by atoms with Crippen molar-refractivity contribution in [3.8, 4) is 0 Å². The van der Waals surface area contributed by atoms with Gasteiger partial charge in [-0.05, 0) is 31.0 Å². The second-order valence-corrected chi connectivity index (χ2v) is 7.20. The lowest BCUT2D eigenvalue weighted by atomic mass is 9.96. The summed E-state index contributed by atoms with van der Waals surface area (Å²) in [5.74, 6) is 0. The maximum Gasteiger partial charge on any atom is 0.0916 e. The predicted molar refractivity (Wildman–Crippen MR) is 102 cm³/mol. The number of quaternary nitrogens is 1. The molecule has 1 unspecified atom stereocenters. The molecule has 1 fully saturated rings. The number of hydrogen-bond acceptors (Lipinski definition) is 1. The lowest BCUT2D eigenvalue weighted by molar-refractivity contribution is -0.929. The van der Waals surface area contributed by atoms with E-state index in [1.165, 1.54) is 41.8 Å². The third kappa shape index (κ3) is 3.51. The summed E-state index contributed by atoms with van der Waals surface area (Å²) in [4.78, 5) is 2.61. The molecule has 2 aromatic carbocycles. The smallest absolute Gasteiger partial charge is 0.0916 e. The van der Waals surface area contributed by atoms with E-state index >= 15 is 0 Å². The molecule has 128 valence electrons. The molecule has 0 aromatic heterocycles. The highest BCUT2D eigenvalue weighted by molar-refractivity contribution is 6.31. The Balaban J connectivity index is 1.91. The Labute approximate surface area is 151 Å². The highest BCUT2D eigenvalue weighted by atomic mass is 35.5. The molecular formula is C21H28ClN2+. The lowest BCUT2D eigenvalue weighted by Gasteiger charge is -2.46. The van der Waals surface area contributed by atoms with Crippen LogP contribution >= 0.6 is 11.6 Å². The molecule has 3 heteroatoms. The zero-order chi connectivity index (χ0) is 17.0. The van der Waals surface area contributed by atoms with Crippen LogP contribution in [0.2, 0.25) is 5.02 Å². The van der Waals surface area contributed by atoms with Crippen LogP contribution in [0.15, 0.2) is 54.6 Å². The Morgan fingerprint density at radius 1 is 0.917 bits per heavy atom. The maximum atomic E-state index is 6.57. The molecule has 0 aliphatic carbocycles. The number of rotatable bonds is 5. The Bertz CT molecular complexity index is 642. The first-order valence-electron chi connectivity index (χ1n) is 9.07. The molecule has 2 nitrogen and oxygen atoms in total. The van der Waals surface area contributed by atoms with Crippen molar-refractivity contribution in [2.24, 2.45) is 0 Å². The minimum Gasteiger partial charge on any atom is -0.322 e. The predicted octanol–water partition coefficient (Wildman–Crippen LogP) is 4.60. The van der Waals surface area contributed by atoms with Gasteiger partial charge in [0.1, 0.15) is 0 Å². The molecule has 0 N–H and O–H groups in total. The normalized spacial score (nSPS) is 19.1. The van der Waals surface area contributed by atoms with E-state index in [4.69, 9.17) is 11.6 Å². The molecular weight excluding hydrogens is 316 g/mol. The van der Waals surface area contributed by atoms with Crippen LogP contribution in [0.3, 0.4) is 0 Å². The average molecular weight is 344 g/mol. The summed E-state index contributed by atoms with van der Waals surface area (Å²) in [7, 11) is 0. The molecule has 1 aliphatic heterocycles. The highest BCUT2D eigenvalue weighted by Gasteiger charge is 2.34. The molecule has 3 rings (SSSR count). The van der Waals surface area contributed by atoms with Crippen LogP contribution in [0.5, 0.6) is 0 Å². The third-order valence-electron chi connectivity index (χ3n) is 5.75. The van der Waals surface area contributed by atoms with E-state index in [1.807, 2.05) is 12.1 Å². The van der Waals surface area contributed by atoms with Crippen molar-refractivity contribution in [1.29, 1.82) is 0 Å². The number of halogens is 1. The topological polar surface area (TPSA) is 3.24 Å². The van der Waals surface area contributed by atoms with Gasteiger partial charge in [-0.1, -0.05) is 60.1 Å². The standard InChI is InChI=1S/C21H28ClN2/c1-3-24(4-2)16-14-23(15-17-24)21(18-10-6-5-7-11-18)19-12-8-9-13-20(19)22/h5-13,21H,3-4,14-17H2,1-2H3/q+1. The summed E-state index contributed by atoms with van der Waals surface area (Å²) in [6.07, 6.45) is 0. The van der Waals surface area contributed by atoms with Gasteiger partial charge in [-0.25, -0.2) is 0 Å². The molecule has 0 spiro atoms. The number of hydrogen-bond donors (Lipinski definition) is 0. The van der Waals surface area contributed by atoms with E-state index in [0.717, 1.165) is 18.1 Å². The van der Waals surface area contributed by atoms with Crippen LogP contribution in [-0.2, 0) is 0 Å². The molecule has 0 bridgehead atoms. The van der Waals surface area contributed by atoms with Crippen molar-refractivity contribution >= 4 is 11.6 Å². The molecule has 0 amide bonds. The fraction of sp³-hybridized carbons (Fsp3) is 0.429. The zero-order valence-corrected chi connectivity index (χ0v) is 15.5. The minimum absolute atomic E-state index is 0.246. The fourth-order valence-electron chi connectivity index (χ4n) is 3.94. The van der Waals surface area contributed by atoms with Gasteiger partial charge in [-0.15, -0.1) is 0 Å². The van der Waals surface area contributed by atoms with Gasteiger partial charge in [0.2, 0.25) is 0 Å². The van der Waals surface area contributed by atoms with Crippen LogP contribution in [-0.4, -0.2) is 48.7 Å². The van der Waals surface area contributed by atoms with E-state index in [2.05, 4.69) is 61.2 Å². The first-order chi connectivity index (χ1) is 11.7. The SMILES string of the molecule is CC[N+]1(CC)CCN(C(c2ccccc2)c2ccccc2Cl)CC1. The van der Waals surface area contributed by atoms with Crippen LogP contribution in [0, 0.1) is 0 Å². The van der Waals surface area contributed by atoms with Gasteiger partial charge < -0.3 is 4.48 Å². The molecule has 1 saturated heterocycles. The van der Waals surface area contributed by atoms with Crippen molar-refractivity contribution in [3.05, 3.63) is 70.7 Å². The molecule has 1 aliphatic rings. The number of piperazine rings is 1. The Kier molecular flexibility index (Phi) is 5.60. The van der Waals surface area contributed by atoms with Gasteiger partial charge in [0, 0.05) is 18.1 Å². The molecule has 0 radical (unpaired) electrons. The fourth-order valence-corrected chi connectivity index (χ4v) is 4.18. The Morgan fingerprint density at radius 2 is 1.50 bits per heavy atom. The highest BCUT2D eigenvalue weighted by Crippen LogP contribution is 2.34. The monoisotopic (exact) mass is 343 g/mol. The van der Waals surface area contributed by atoms with Crippen molar-refractivity contribution < 1.29 is 4.48 Å². The van der Waals surface area contributed by atoms with Crippen LogP contribution in [0.25, 0.3) is 0 Å². The van der Waals surface area contributed by atoms with Gasteiger partial charge in [0.05, 0.1) is 32.2 Å². The van der Waals surface area contributed by atoms with Crippen LogP contribution in [0.1, 0.15) is 31.0 Å². The van der Waals surface area contributed by atoms with E-state index in [-0.39, 0.29) is 6.04 Å². The van der Waals surface area contributed by atoms with Crippen molar-refractivity contribution in [2.45, 2.75) is 19.9 Å². The Morgan fingerprint density at radius 3 is 2.08 bits per heavy atom. The molecule has 1 heterocycles. The summed E-state index contributed by atoms with van der Waals surface area (Å²) in [5.41, 5.74) is 2.55. The van der Waals surface area contributed by atoms with Gasteiger partial charge in [-0.2, -0.15) is 0 Å².